The fourth-order valence-corrected chi connectivity index (χ4v) is 3.75. The van der Waals surface area contributed by atoms with Crippen LogP contribution in [0.1, 0.15) is 6.42 Å². The standard InChI is InChI=1S/C5H10O2Si/c1-4-8(5-1)6-2-3-7-8/h1-5H2. The zero-order chi connectivity index (χ0) is 5.45. The van der Waals surface area contributed by atoms with Crippen LogP contribution in [-0.4, -0.2) is 21.8 Å². The molecule has 0 aromatic rings. The van der Waals surface area contributed by atoms with Gasteiger partial charge in [-0.25, -0.2) is 0 Å². The summed E-state index contributed by atoms with van der Waals surface area (Å²) in [5, 5.41) is 0. The summed E-state index contributed by atoms with van der Waals surface area (Å²) >= 11 is 0. The van der Waals surface area contributed by atoms with Gasteiger partial charge in [0.1, 0.15) is 0 Å². The Balaban J connectivity index is 2.01. The van der Waals surface area contributed by atoms with Crippen LogP contribution in [0.5, 0.6) is 0 Å². The molecule has 0 aromatic carbocycles. The minimum absolute atomic E-state index is 0.867. The summed E-state index contributed by atoms with van der Waals surface area (Å²) in [5.74, 6) is 0. The number of hydrogen-bond acceptors (Lipinski definition) is 2. The molecule has 2 rings (SSSR count). The molecule has 0 amide bonds. The SMILES string of the molecule is C1C[Si]2(C1)OCCO2. The lowest BCUT2D eigenvalue weighted by atomic mass is 10.5. The monoisotopic (exact) mass is 130 g/mol. The normalized spacial score (nSPS) is 33.0. The first-order valence-corrected chi connectivity index (χ1v) is 5.42. The molecule has 2 saturated heterocycles. The Hall–Kier alpha value is 0.137. The Kier molecular flexibility index (Phi) is 0.967. The van der Waals surface area contributed by atoms with Crippen molar-refractivity contribution in [1.29, 1.82) is 0 Å². The molecule has 0 unspecified atom stereocenters. The lowest BCUT2D eigenvalue weighted by Crippen LogP contribution is -2.43. The van der Waals surface area contributed by atoms with Crippen molar-refractivity contribution in [3.05, 3.63) is 0 Å². The molecule has 0 radical (unpaired) electrons. The summed E-state index contributed by atoms with van der Waals surface area (Å²) in [7, 11) is -1.38. The maximum atomic E-state index is 5.49. The van der Waals surface area contributed by atoms with Crippen LogP contribution < -0.4 is 0 Å². The van der Waals surface area contributed by atoms with Gasteiger partial charge in [-0.2, -0.15) is 0 Å². The summed E-state index contributed by atoms with van der Waals surface area (Å²) in [4.78, 5) is 0. The van der Waals surface area contributed by atoms with Gasteiger partial charge >= 0.3 is 8.56 Å². The third kappa shape index (κ3) is 0.551. The quantitative estimate of drug-likeness (QED) is 0.453. The maximum Gasteiger partial charge on any atom is 0.338 e. The molecule has 1 spiro atoms. The van der Waals surface area contributed by atoms with E-state index in [1.807, 2.05) is 0 Å². The lowest BCUT2D eigenvalue weighted by molar-refractivity contribution is 0.307. The highest BCUT2D eigenvalue weighted by Gasteiger charge is 2.47. The smallest absolute Gasteiger partial charge is 0.338 e. The Morgan fingerprint density at radius 2 is 1.62 bits per heavy atom. The van der Waals surface area contributed by atoms with E-state index in [1.54, 1.807) is 0 Å². The van der Waals surface area contributed by atoms with Gasteiger partial charge in [0.25, 0.3) is 0 Å². The molecule has 0 atom stereocenters. The average molecular weight is 130 g/mol. The summed E-state index contributed by atoms with van der Waals surface area (Å²) in [6, 6.07) is 2.51. The van der Waals surface area contributed by atoms with Crippen LogP contribution in [0.2, 0.25) is 12.1 Å². The van der Waals surface area contributed by atoms with Crippen molar-refractivity contribution in [2.24, 2.45) is 0 Å². The molecule has 0 saturated carbocycles. The van der Waals surface area contributed by atoms with Crippen molar-refractivity contribution in [2.45, 2.75) is 18.5 Å². The van der Waals surface area contributed by atoms with Crippen LogP contribution >= 0.6 is 0 Å². The summed E-state index contributed by atoms with van der Waals surface area (Å²) in [6.07, 6.45) is 1.34. The van der Waals surface area contributed by atoms with Crippen molar-refractivity contribution in [3.8, 4) is 0 Å². The fourth-order valence-electron chi connectivity index (χ4n) is 1.25. The zero-order valence-electron chi connectivity index (χ0n) is 4.85. The zero-order valence-corrected chi connectivity index (χ0v) is 5.85. The van der Waals surface area contributed by atoms with Gasteiger partial charge in [-0.3, -0.25) is 0 Å². The van der Waals surface area contributed by atoms with E-state index >= 15 is 0 Å². The average Bonchev–Trinajstić information content (AvgIpc) is 2.07. The Morgan fingerprint density at radius 1 is 1.00 bits per heavy atom. The largest absolute Gasteiger partial charge is 0.392 e. The van der Waals surface area contributed by atoms with E-state index in [-0.39, 0.29) is 0 Å². The van der Waals surface area contributed by atoms with Crippen LogP contribution in [0.4, 0.5) is 0 Å². The summed E-state index contributed by atoms with van der Waals surface area (Å²) < 4.78 is 11.0. The van der Waals surface area contributed by atoms with E-state index in [2.05, 4.69) is 0 Å². The third-order valence-corrected chi connectivity index (χ3v) is 5.62. The van der Waals surface area contributed by atoms with Crippen molar-refractivity contribution in [3.63, 3.8) is 0 Å². The second-order valence-electron chi connectivity index (χ2n) is 2.46. The molecule has 0 aromatic heterocycles. The Morgan fingerprint density at radius 3 is 1.88 bits per heavy atom. The first-order valence-electron chi connectivity index (χ1n) is 3.19. The molecule has 3 heteroatoms. The van der Waals surface area contributed by atoms with Crippen molar-refractivity contribution in [1.82, 2.24) is 0 Å². The topological polar surface area (TPSA) is 18.5 Å². The van der Waals surface area contributed by atoms with Gasteiger partial charge < -0.3 is 8.85 Å². The van der Waals surface area contributed by atoms with Gasteiger partial charge in [0.15, 0.2) is 0 Å². The molecule has 2 aliphatic heterocycles. The van der Waals surface area contributed by atoms with Gasteiger partial charge in [-0.1, -0.05) is 0 Å². The molecule has 0 aliphatic carbocycles. The van der Waals surface area contributed by atoms with E-state index in [4.69, 9.17) is 8.85 Å². The molecule has 0 N–H and O–H groups in total. The minimum atomic E-state index is -1.38. The molecular weight excluding hydrogens is 120 g/mol. The van der Waals surface area contributed by atoms with Crippen molar-refractivity contribution < 1.29 is 8.85 Å². The van der Waals surface area contributed by atoms with Gasteiger partial charge in [-0.15, -0.1) is 0 Å². The van der Waals surface area contributed by atoms with Crippen molar-refractivity contribution >= 4 is 8.56 Å². The van der Waals surface area contributed by atoms with Gasteiger partial charge in [0, 0.05) is 0 Å². The molecule has 0 bridgehead atoms. The predicted octanol–water partition coefficient (Wildman–Crippen LogP) is 0.879. The molecule has 2 nitrogen and oxygen atoms in total. The highest BCUT2D eigenvalue weighted by atomic mass is 28.4. The minimum Gasteiger partial charge on any atom is -0.392 e. The Bertz CT molecular complexity index is 92.6. The highest BCUT2D eigenvalue weighted by Crippen LogP contribution is 2.36. The van der Waals surface area contributed by atoms with E-state index in [0.717, 1.165) is 13.2 Å². The molecule has 2 fully saturated rings. The second kappa shape index (κ2) is 1.56. The van der Waals surface area contributed by atoms with Crippen LogP contribution in [-0.2, 0) is 8.85 Å². The van der Waals surface area contributed by atoms with Gasteiger partial charge in [0.05, 0.1) is 13.2 Å². The van der Waals surface area contributed by atoms with E-state index in [1.165, 1.54) is 18.5 Å². The van der Waals surface area contributed by atoms with Crippen molar-refractivity contribution in [2.75, 3.05) is 13.2 Å². The number of rotatable bonds is 0. The Labute approximate surface area is 50.0 Å². The molecule has 46 valence electrons. The van der Waals surface area contributed by atoms with Crippen LogP contribution in [0.25, 0.3) is 0 Å². The summed E-state index contributed by atoms with van der Waals surface area (Å²) in [5.41, 5.74) is 0. The van der Waals surface area contributed by atoms with Crippen LogP contribution in [0.15, 0.2) is 0 Å². The second-order valence-corrected chi connectivity index (χ2v) is 5.86. The molecule has 8 heavy (non-hydrogen) atoms. The van der Waals surface area contributed by atoms with Crippen LogP contribution in [0.3, 0.4) is 0 Å². The summed E-state index contributed by atoms with van der Waals surface area (Å²) in [6.45, 7) is 1.73. The van der Waals surface area contributed by atoms with E-state index in [0.29, 0.717) is 0 Å². The molecule has 2 aliphatic rings. The van der Waals surface area contributed by atoms with Gasteiger partial charge in [-0.05, 0) is 18.5 Å². The number of hydrogen-bond donors (Lipinski definition) is 0. The van der Waals surface area contributed by atoms with E-state index in [9.17, 15) is 0 Å². The van der Waals surface area contributed by atoms with Crippen LogP contribution in [0, 0.1) is 0 Å². The first-order chi connectivity index (χ1) is 3.91. The molecule has 2 heterocycles. The maximum absolute atomic E-state index is 5.49. The first kappa shape index (κ1) is 4.96. The molecular formula is C5H10O2Si. The highest BCUT2D eigenvalue weighted by molar-refractivity contribution is 6.70. The van der Waals surface area contributed by atoms with Gasteiger partial charge in [0.2, 0.25) is 0 Å². The third-order valence-electron chi connectivity index (χ3n) is 1.93. The lowest BCUT2D eigenvalue weighted by Gasteiger charge is -2.31. The predicted molar refractivity (Wildman–Crippen MR) is 31.9 cm³/mol. The van der Waals surface area contributed by atoms with E-state index < -0.39 is 8.56 Å². The fraction of sp³-hybridized carbons (Fsp3) is 1.00.